The van der Waals surface area contributed by atoms with Crippen LogP contribution in [0.3, 0.4) is 0 Å². The van der Waals surface area contributed by atoms with Gasteiger partial charge in [-0.1, -0.05) is 26.8 Å². The minimum atomic E-state index is -0.106. The van der Waals surface area contributed by atoms with E-state index < -0.39 is 0 Å². The van der Waals surface area contributed by atoms with Gasteiger partial charge in [-0.25, -0.2) is 4.39 Å². The van der Waals surface area contributed by atoms with Crippen molar-refractivity contribution < 1.29 is 4.39 Å². The van der Waals surface area contributed by atoms with Crippen LogP contribution in [0.5, 0.6) is 0 Å². The zero-order valence-corrected chi connectivity index (χ0v) is 10.6. The van der Waals surface area contributed by atoms with Gasteiger partial charge >= 0.3 is 0 Å². The Hall–Kier alpha value is -0.120. The summed E-state index contributed by atoms with van der Waals surface area (Å²) in [4.78, 5) is 0. The lowest BCUT2D eigenvalue weighted by molar-refractivity contribution is 0.568. The molecule has 0 bridgehead atoms. The Labute approximate surface area is 92.7 Å². The van der Waals surface area contributed by atoms with E-state index in [1.807, 2.05) is 29.5 Å². The number of halogens is 2. The lowest BCUT2D eigenvalue weighted by Crippen LogP contribution is -2.12. The number of rotatable bonds is 0. The van der Waals surface area contributed by atoms with Crippen LogP contribution in [0.1, 0.15) is 31.9 Å². The molecule has 0 nitrogen and oxygen atoms in total. The molecule has 1 aromatic rings. The fourth-order valence-corrected chi connectivity index (χ4v) is 1.47. The Morgan fingerprint density at radius 1 is 1.23 bits per heavy atom. The Morgan fingerprint density at radius 2 is 1.77 bits per heavy atom. The van der Waals surface area contributed by atoms with Crippen LogP contribution in [0.15, 0.2) is 12.1 Å². The zero-order valence-electron chi connectivity index (χ0n) is 8.41. The van der Waals surface area contributed by atoms with Crippen molar-refractivity contribution in [3.63, 3.8) is 0 Å². The van der Waals surface area contributed by atoms with Gasteiger partial charge in [-0.2, -0.15) is 0 Å². The van der Waals surface area contributed by atoms with Crippen LogP contribution >= 0.6 is 22.6 Å². The summed E-state index contributed by atoms with van der Waals surface area (Å²) < 4.78 is 14.1. The van der Waals surface area contributed by atoms with Crippen molar-refractivity contribution in [3.05, 3.63) is 32.6 Å². The normalized spacial score (nSPS) is 11.8. The van der Waals surface area contributed by atoms with Gasteiger partial charge in [0.1, 0.15) is 5.82 Å². The molecule has 0 amide bonds. The molecule has 0 atom stereocenters. The molecule has 0 saturated carbocycles. The van der Waals surface area contributed by atoms with Crippen molar-refractivity contribution in [1.82, 2.24) is 0 Å². The lowest BCUT2D eigenvalue weighted by Gasteiger charge is -2.20. The van der Waals surface area contributed by atoms with Crippen LogP contribution in [-0.4, -0.2) is 0 Å². The molecule has 0 spiro atoms. The molecule has 0 aliphatic heterocycles. The Bertz CT molecular complexity index is 300. The summed E-state index contributed by atoms with van der Waals surface area (Å²) in [7, 11) is 0. The molecular formula is C11H14FI. The maximum atomic E-state index is 13.4. The van der Waals surface area contributed by atoms with Gasteiger partial charge < -0.3 is 0 Å². The van der Waals surface area contributed by atoms with Gasteiger partial charge in [0.2, 0.25) is 0 Å². The van der Waals surface area contributed by atoms with Gasteiger partial charge in [-0.3, -0.25) is 0 Å². The molecule has 0 radical (unpaired) electrons. The molecule has 0 saturated heterocycles. The van der Waals surface area contributed by atoms with Crippen molar-refractivity contribution in [2.45, 2.75) is 33.1 Å². The molecule has 1 aromatic carbocycles. The largest absolute Gasteiger partial charge is 0.206 e. The van der Waals surface area contributed by atoms with Crippen molar-refractivity contribution >= 4 is 22.6 Å². The molecule has 0 unspecified atom stereocenters. The van der Waals surface area contributed by atoms with Crippen molar-refractivity contribution in [3.8, 4) is 0 Å². The van der Waals surface area contributed by atoms with Gasteiger partial charge in [0.15, 0.2) is 0 Å². The van der Waals surface area contributed by atoms with Crippen LogP contribution in [0.2, 0.25) is 0 Å². The minimum absolute atomic E-state index is 0.0237. The van der Waals surface area contributed by atoms with Crippen LogP contribution < -0.4 is 0 Å². The number of benzene rings is 1. The lowest BCUT2D eigenvalue weighted by atomic mass is 9.86. The highest BCUT2D eigenvalue weighted by atomic mass is 127. The third-order valence-electron chi connectivity index (χ3n) is 2.08. The highest BCUT2D eigenvalue weighted by molar-refractivity contribution is 14.1. The monoisotopic (exact) mass is 292 g/mol. The van der Waals surface area contributed by atoms with E-state index in [4.69, 9.17) is 0 Å². The summed E-state index contributed by atoms with van der Waals surface area (Å²) in [5, 5.41) is 0. The van der Waals surface area contributed by atoms with Crippen molar-refractivity contribution in [2.75, 3.05) is 0 Å². The first-order valence-corrected chi connectivity index (χ1v) is 5.36. The summed E-state index contributed by atoms with van der Waals surface area (Å²) in [6, 6.07) is 3.69. The maximum absolute atomic E-state index is 13.4. The average molecular weight is 292 g/mol. The molecule has 0 aliphatic carbocycles. The molecule has 0 N–H and O–H groups in total. The SMILES string of the molecule is Cc1cc(C(C)(C)C)cc(F)c1I. The van der Waals surface area contributed by atoms with E-state index in [1.165, 1.54) is 0 Å². The highest BCUT2D eigenvalue weighted by Gasteiger charge is 2.16. The summed E-state index contributed by atoms with van der Waals surface area (Å²) in [5.74, 6) is -0.106. The van der Waals surface area contributed by atoms with E-state index in [9.17, 15) is 4.39 Å². The number of hydrogen-bond acceptors (Lipinski definition) is 0. The summed E-state index contributed by atoms with van der Waals surface area (Å²) >= 11 is 2.04. The second kappa shape index (κ2) is 3.56. The van der Waals surface area contributed by atoms with Gasteiger partial charge in [0, 0.05) is 0 Å². The van der Waals surface area contributed by atoms with E-state index >= 15 is 0 Å². The topological polar surface area (TPSA) is 0 Å². The number of aryl methyl sites for hydroxylation is 1. The Balaban J connectivity index is 3.29. The first kappa shape index (κ1) is 11.0. The minimum Gasteiger partial charge on any atom is -0.206 e. The summed E-state index contributed by atoms with van der Waals surface area (Å²) in [6.07, 6.45) is 0. The van der Waals surface area contributed by atoms with Crippen LogP contribution in [0.25, 0.3) is 0 Å². The van der Waals surface area contributed by atoms with Gasteiger partial charge in [0.25, 0.3) is 0 Å². The summed E-state index contributed by atoms with van der Waals surface area (Å²) in [5.41, 5.74) is 2.10. The Morgan fingerprint density at radius 3 is 2.15 bits per heavy atom. The second-order valence-corrected chi connectivity index (χ2v) is 5.42. The van der Waals surface area contributed by atoms with E-state index in [2.05, 4.69) is 26.8 Å². The van der Waals surface area contributed by atoms with E-state index in [0.717, 1.165) is 14.7 Å². The molecule has 0 aliphatic rings. The van der Waals surface area contributed by atoms with Gasteiger partial charge in [-0.05, 0) is 52.1 Å². The van der Waals surface area contributed by atoms with Crippen molar-refractivity contribution in [1.29, 1.82) is 0 Å². The first-order chi connectivity index (χ1) is 5.82. The predicted octanol–water partition coefficient (Wildman–Crippen LogP) is 4.04. The predicted molar refractivity (Wildman–Crippen MR) is 62.6 cm³/mol. The van der Waals surface area contributed by atoms with E-state index in [-0.39, 0.29) is 11.2 Å². The average Bonchev–Trinajstić information content (AvgIpc) is 1.97. The molecule has 2 heteroatoms. The zero-order chi connectivity index (χ0) is 10.2. The van der Waals surface area contributed by atoms with E-state index in [0.29, 0.717) is 0 Å². The molecule has 0 heterocycles. The van der Waals surface area contributed by atoms with Gasteiger partial charge in [0.05, 0.1) is 3.57 Å². The van der Waals surface area contributed by atoms with E-state index in [1.54, 1.807) is 6.07 Å². The fraction of sp³-hybridized carbons (Fsp3) is 0.455. The quantitative estimate of drug-likeness (QED) is 0.633. The second-order valence-electron chi connectivity index (χ2n) is 4.34. The fourth-order valence-electron chi connectivity index (χ4n) is 1.16. The van der Waals surface area contributed by atoms with Crippen molar-refractivity contribution in [2.24, 2.45) is 0 Å². The van der Waals surface area contributed by atoms with Crippen LogP contribution in [-0.2, 0) is 5.41 Å². The first-order valence-electron chi connectivity index (χ1n) is 4.28. The Kier molecular flexibility index (Phi) is 3.00. The molecule has 72 valence electrons. The number of hydrogen-bond donors (Lipinski definition) is 0. The smallest absolute Gasteiger partial charge is 0.137 e. The standard InChI is InChI=1S/C11H14FI/c1-7-5-8(11(2,3)4)6-9(12)10(7)13/h5-6H,1-4H3. The highest BCUT2D eigenvalue weighted by Crippen LogP contribution is 2.26. The van der Waals surface area contributed by atoms with Gasteiger partial charge in [-0.15, -0.1) is 0 Å². The molecule has 0 aromatic heterocycles. The molecule has 0 fully saturated rings. The van der Waals surface area contributed by atoms with Crippen LogP contribution in [0, 0.1) is 16.3 Å². The maximum Gasteiger partial charge on any atom is 0.137 e. The third kappa shape index (κ3) is 2.42. The summed E-state index contributed by atoms with van der Waals surface area (Å²) in [6.45, 7) is 8.22. The molecular weight excluding hydrogens is 278 g/mol. The molecule has 13 heavy (non-hydrogen) atoms. The van der Waals surface area contributed by atoms with Crippen LogP contribution in [0.4, 0.5) is 4.39 Å². The third-order valence-corrected chi connectivity index (χ3v) is 3.44. The molecule has 1 rings (SSSR count).